The average Bonchev–Trinajstić information content (AvgIpc) is 2.79. The van der Waals surface area contributed by atoms with Crippen molar-refractivity contribution in [1.29, 1.82) is 0 Å². The van der Waals surface area contributed by atoms with Gasteiger partial charge in [0.25, 0.3) is 9.04 Å². The highest BCUT2D eigenvalue weighted by atomic mass is 79.9. The van der Waals surface area contributed by atoms with Crippen molar-refractivity contribution in [1.82, 2.24) is 0 Å². The van der Waals surface area contributed by atoms with Crippen LogP contribution in [-0.2, 0) is 14.6 Å². The molecule has 0 aliphatic rings. The minimum Gasteiger partial charge on any atom is -0.478 e. The van der Waals surface area contributed by atoms with E-state index >= 15 is 0 Å². The third-order valence-corrected chi connectivity index (χ3v) is 7.75. The molecule has 0 bridgehead atoms. The molecule has 0 aromatic heterocycles. The van der Waals surface area contributed by atoms with Gasteiger partial charge in [0.15, 0.2) is 5.75 Å². The Morgan fingerprint density at radius 1 is 1.06 bits per heavy atom. The lowest BCUT2D eigenvalue weighted by atomic mass is 9.87. The molecule has 0 spiro atoms. The fourth-order valence-corrected chi connectivity index (χ4v) is 5.54. The zero-order valence-electron chi connectivity index (χ0n) is 19.0. The Hall–Kier alpha value is -3.01. The highest BCUT2D eigenvalue weighted by Gasteiger charge is 2.28. The number of hydrogen-bond acceptors (Lipinski definition) is 5. The Labute approximate surface area is 208 Å². The number of carboxylic acid groups (broad SMARTS) is 1. The summed E-state index contributed by atoms with van der Waals surface area (Å²) in [5, 5.41) is 23.0. The van der Waals surface area contributed by atoms with E-state index in [-0.39, 0.29) is 23.5 Å². The Kier molecular flexibility index (Phi) is 8.24. The molecule has 0 unspecified atom stereocenters. The number of nitro benzene ring substituents is 1. The monoisotopic (exact) mass is 542 g/mol. The molecule has 1 atom stereocenters. The Bertz CT molecular complexity index is 1150. The van der Waals surface area contributed by atoms with Crippen molar-refractivity contribution in [3.63, 3.8) is 0 Å². The average molecular weight is 543 g/mol. The van der Waals surface area contributed by atoms with Gasteiger partial charge in [-0.05, 0) is 33.5 Å². The number of halogens is 1. The molecule has 3 aromatic carbocycles. The number of nitrogens with zero attached hydrogens (tertiary/aromatic N) is 1. The maximum atomic E-state index is 11.9. The lowest BCUT2D eigenvalue weighted by Gasteiger charge is -2.22. The van der Waals surface area contributed by atoms with Crippen molar-refractivity contribution in [3.05, 3.63) is 92.9 Å². The van der Waals surface area contributed by atoms with Gasteiger partial charge in [-0.3, -0.25) is 10.1 Å². The number of hydrogen-bond donors (Lipinski definition) is 1. The quantitative estimate of drug-likeness (QED) is 0.245. The molecule has 0 saturated carbocycles. The molecular formula is C25H25BrNO6Si. The molecule has 177 valence electrons. The third kappa shape index (κ3) is 6.53. The zero-order valence-corrected chi connectivity index (χ0v) is 21.6. The molecular weight excluding hydrogens is 518 g/mol. The number of carbonyl (C=O) groups is 1. The maximum absolute atomic E-state index is 11.9. The van der Waals surface area contributed by atoms with Crippen LogP contribution in [0.2, 0.25) is 0 Å². The summed E-state index contributed by atoms with van der Waals surface area (Å²) in [6.45, 7) is 6.14. The van der Waals surface area contributed by atoms with E-state index in [1.165, 1.54) is 17.7 Å². The molecule has 9 heteroatoms. The Balaban J connectivity index is 1.86. The van der Waals surface area contributed by atoms with Crippen molar-refractivity contribution < 1.29 is 24.0 Å². The number of aliphatic carboxylic acids is 1. The van der Waals surface area contributed by atoms with E-state index in [4.69, 9.17) is 9.16 Å². The van der Waals surface area contributed by atoms with Crippen LogP contribution in [0.25, 0.3) is 0 Å². The van der Waals surface area contributed by atoms with Crippen LogP contribution >= 0.6 is 15.9 Å². The highest BCUT2D eigenvalue weighted by molar-refractivity contribution is 9.10. The number of ether oxygens (including phenoxy) is 1. The lowest BCUT2D eigenvalue weighted by Crippen LogP contribution is -2.47. The van der Waals surface area contributed by atoms with Gasteiger partial charge in [0.05, 0.1) is 11.5 Å². The van der Waals surface area contributed by atoms with Crippen LogP contribution in [0.1, 0.15) is 26.3 Å². The molecule has 0 heterocycles. The van der Waals surface area contributed by atoms with E-state index in [9.17, 15) is 20.0 Å². The van der Waals surface area contributed by atoms with E-state index < -0.39 is 26.0 Å². The summed E-state index contributed by atoms with van der Waals surface area (Å²) in [4.78, 5) is 22.7. The van der Waals surface area contributed by atoms with E-state index in [0.717, 1.165) is 10.4 Å². The van der Waals surface area contributed by atoms with Crippen molar-refractivity contribution in [2.75, 3.05) is 6.61 Å². The van der Waals surface area contributed by atoms with Crippen molar-refractivity contribution in [2.24, 2.45) is 0 Å². The van der Waals surface area contributed by atoms with Crippen LogP contribution in [0.4, 0.5) is 5.69 Å². The highest BCUT2D eigenvalue weighted by Crippen LogP contribution is 2.31. The fraction of sp³-hybridized carbons (Fsp3) is 0.240. The molecule has 1 N–H and O–H groups in total. The van der Waals surface area contributed by atoms with E-state index in [2.05, 4.69) is 48.8 Å². The normalized spacial score (nSPS) is 12.4. The summed E-state index contributed by atoms with van der Waals surface area (Å²) in [7, 11) is -1.80. The van der Waals surface area contributed by atoms with Gasteiger partial charge in [-0.25, -0.2) is 4.79 Å². The molecule has 7 nitrogen and oxygen atoms in total. The van der Waals surface area contributed by atoms with Crippen LogP contribution in [0.3, 0.4) is 0 Å². The van der Waals surface area contributed by atoms with Crippen molar-refractivity contribution in [3.8, 4) is 5.75 Å². The second-order valence-corrected chi connectivity index (χ2v) is 11.7. The molecule has 3 rings (SSSR count). The smallest absolute Gasteiger partial charge is 0.347 e. The van der Waals surface area contributed by atoms with Gasteiger partial charge in [-0.2, -0.15) is 0 Å². The molecule has 3 aromatic rings. The predicted octanol–water partition coefficient (Wildman–Crippen LogP) is 4.31. The first kappa shape index (κ1) is 25.6. The SMILES string of the molecule is CC(C)(C)c1ccc([Si](OC[C@H](Oc2ccc(Br)cc2[N+](=O)[O-])C(=O)O)c2ccccc2)cc1. The Morgan fingerprint density at radius 3 is 2.24 bits per heavy atom. The van der Waals surface area contributed by atoms with Crippen LogP contribution in [-0.4, -0.2) is 37.8 Å². The van der Waals surface area contributed by atoms with E-state index in [0.29, 0.717) is 4.47 Å². The van der Waals surface area contributed by atoms with Gasteiger partial charge in [-0.15, -0.1) is 0 Å². The lowest BCUT2D eigenvalue weighted by molar-refractivity contribution is -0.386. The van der Waals surface area contributed by atoms with Gasteiger partial charge in [0, 0.05) is 10.5 Å². The Morgan fingerprint density at radius 2 is 1.68 bits per heavy atom. The summed E-state index contributed by atoms with van der Waals surface area (Å²) in [5.41, 5.74) is 0.854. The second-order valence-electron chi connectivity index (χ2n) is 8.65. The van der Waals surface area contributed by atoms with Crippen molar-refractivity contribution >= 4 is 47.0 Å². The minimum atomic E-state index is -1.80. The molecule has 1 radical (unpaired) electrons. The summed E-state index contributed by atoms with van der Waals surface area (Å²) >= 11 is 3.18. The molecule has 0 saturated heterocycles. The number of carboxylic acids is 1. The zero-order chi connectivity index (χ0) is 24.9. The number of rotatable bonds is 9. The fourth-order valence-electron chi connectivity index (χ4n) is 3.25. The molecule has 0 aliphatic heterocycles. The third-order valence-electron chi connectivity index (χ3n) is 5.09. The van der Waals surface area contributed by atoms with Gasteiger partial charge in [0.1, 0.15) is 0 Å². The van der Waals surface area contributed by atoms with Gasteiger partial charge in [0.2, 0.25) is 6.10 Å². The molecule has 0 aliphatic carbocycles. The van der Waals surface area contributed by atoms with E-state index in [1.54, 1.807) is 6.07 Å². The van der Waals surface area contributed by atoms with Crippen LogP contribution in [0.5, 0.6) is 5.75 Å². The summed E-state index contributed by atoms with van der Waals surface area (Å²) in [6, 6.07) is 21.9. The minimum absolute atomic E-state index is 0.000671. The number of nitro groups is 1. The first-order valence-corrected chi connectivity index (χ1v) is 12.8. The van der Waals surface area contributed by atoms with Gasteiger partial charge >= 0.3 is 11.7 Å². The predicted molar refractivity (Wildman–Crippen MR) is 135 cm³/mol. The standard InChI is InChI=1S/C25H25BrNO6Si/c1-25(2,3)17-9-12-20(13-10-17)34(19-7-5-4-6-8-19)32-16-23(24(28)29)33-22-14-11-18(26)15-21(22)27(30)31/h4-15,23H,16H2,1-3H3,(H,28,29)/t23-/m0/s1. The van der Waals surface area contributed by atoms with Crippen LogP contribution < -0.4 is 15.1 Å². The second kappa shape index (κ2) is 10.9. The summed E-state index contributed by atoms with van der Waals surface area (Å²) < 4.78 is 12.2. The van der Waals surface area contributed by atoms with Gasteiger partial charge < -0.3 is 14.3 Å². The van der Waals surface area contributed by atoms with Gasteiger partial charge in [-0.1, -0.05) is 91.3 Å². The first-order valence-electron chi connectivity index (χ1n) is 10.6. The van der Waals surface area contributed by atoms with Crippen LogP contribution in [0.15, 0.2) is 77.3 Å². The summed E-state index contributed by atoms with van der Waals surface area (Å²) in [5.74, 6) is -1.40. The largest absolute Gasteiger partial charge is 0.478 e. The summed E-state index contributed by atoms with van der Waals surface area (Å²) in [6.07, 6.45) is -1.42. The van der Waals surface area contributed by atoms with Crippen molar-refractivity contribution in [2.45, 2.75) is 32.3 Å². The number of benzene rings is 3. The van der Waals surface area contributed by atoms with E-state index in [1.807, 2.05) is 42.5 Å². The maximum Gasteiger partial charge on any atom is 0.347 e. The van der Waals surface area contributed by atoms with Crippen LogP contribution in [0, 0.1) is 10.1 Å². The molecule has 0 amide bonds. The first-order chi connectivity index (χ1) is 16.1. The molecule has 34 heavy (non-hydrogen) atoms. The molecule has 0 fully saturated rings. The topological polar surface area (TPSA) is 98.9 Å².